The van der Waals surface area contributed by atoms with E-state index < -0.39 is 44.7 Å². The number of amides is 1. The molecule has 1 amide bonds. The highest BCUT2D eigenvalue weighted by Gasteiger charge is 2.57. The van der Waals surface area contributed by atoms with Crippen molar-refractivity contribution in [2.24, 2.45) is 16.4 Å². The van der Waals surface area contributed by atoms with Crippen LogP contribution in [0.1, 0.15) is 32.6 Å². The van der Waals surface area contributed by atoms with Gasteiger partial charge in [-0.25, -0.2) is 17.9 Å². The van der Waals surface area contributed by atoms with Crippen molar-refractivity contribution in [3.05, 3.63) is 42.5 Å². The molecular formula is C26H34N6O6S. The Labute approximate surface area is 226 Å². The fourth-order valence-corrected chi connectivity index (χ4v) is 6.43. The number of hydrogen-bond acceptors (Lipinski definition) is 9. The van der Waals surface area contributed by atoms with Gasteiger partial charge in [0.2, 0.25) is 10.0 Å². The summed E-state index contributed by atoms with van der Waals surface area (Å²) < 4.78 is 29.0. The van der Waals surface area contributed by atoms with Crippen LogP contribution < -0.4 is 26.5 Å². The molecule has 13 heteroatoms. The van der Waals surface area contributed by atoms with Crippen LogP contribution in [0.2, 0.25) is 0 Å². The third kappa shape index (κ3) is 5.96. The highest BCUT2D eigenvalue weighted by molar-refractivity contribution is 7.89. The van der Waals surface area contributed by atoms with E-state index in [1.807, 2.05) is 0 Å². The van der Waals surface area contributed by atoms with Crippen LogP contribution in [0, 0.1) is 5.41 Å². The second-order valence-corrected chi connectivity index (χ2v) is 11.9. The summed E-state index contributed by atoms with van der Waals surface area (Å²) in [4.78, 5) is 39.9. The van der Waals surface area contributed by atoms with Crippen LogP contribution >= 0.6 is 0 Å². The van der Waals surface area contributed by atoms with Crippen molar-refractivity contribution in [2.45, 2.75) is 55.1 Å². The molecule has 1 saturated carbocycles. The highest BCUT2D eigenvalue weighted by atomic mass is 32.2. The van der Waals surface area contributed by atoms with Crippen LogP contribution in [-0.2, 0) is 24.4 Å². The Morgan fingerprint density at radius 3 is 2.59 bits per heavy atom. The number of sulfonamides is 1. The molecule has 1 heterocycles. The Balaban J connectivity index is 1.61. The molecule has 2 fully saturated rings. The van der Waals surface area contributed by atoms with Crippen molar-refractivity contribution >= 4 is 44.7 Å². The first-order valence-corrected chi connectivity index (χ1v) is 14.3. The summed E-state index contributed by atoms with van der Waals surface area (Å²) >= 11 is 0. The number of nitrogens with two attached hydrogens (primary N) is 1. The average Bonchev–Trinajstić information content (AvgIpc) is 3.74. The van der Waals surface area contributed by atoms with Crippen molar-refractivity contribution in [1.82, 2.24) is 20.7 Å². The number of ketones is 1. The monoisotopic (exact) mass is 558 g/mol. The number of hydrogen-bond donors (Lipinski definition) is 6. The zero-order chi connectivity index (χ0) is 28.3. The lowest BCUT2D eigenvalue weighted by Crippen LogP contribution is -2.71. The molecule has 0 aromatic heterocycles. The molecule has 4 rings (SSSR count). The summed E-state index contributed by atoms with van der Waals surface area (Å²) in [6, 6.07) is 9.69. The lowest BCUT2D eigenvalue weighted by Gasteiger charge is -2.36. The minimum Gasteiger partial charge on any atom is -0.479 e. The van der Waals surface area contributed by atoms with Gasteiger partial charge in [-0.15, -0.1) is 0 Å². The van der Waals surface area contributed by atoms with Crippen molar-refractivity contribution in [3.8, 4) is 0 Å². The number of carboxylic acids is 1. The van der Waals surface area contributed by atoms with E-state index in [1.165, 1.54) is 19.2 Å². The number of carboxylic acid groups (broad SMARTS) is 1. The van der Waals surface area contributed by atoms with Crippen LogP contribution in [0.5, 0.6) is 0 Å². The predicted octanol–water partition coefficient (Wildman–Crippen LogP) is 0.0816. The molecule has 210 valence electrons. The molecule has 7 N–H and O–H groups in total. The van der Waals surface area contributed by atoms with Gasteiger partial charge in [0.1, 0.15) is 0 Å². The first-order valence-electron chi connectivity index (χ1n) is 12.8. The molecule has 39 heavy (non-hydrogen) atoms. The summed E-state index contributed by atoms with van der Waals surface area (Å²) in [6.45, 7) is 2.46. The van der Waals surface area contributed by atoms with Crippen LogP contribution in [0.3, 0.4) is 0 Å². The van der Waals surface area contributed by atoms with E-state index >= 15 is 0 Å². The van der Waals surface area contributed by atoms with E-state index in [1.54, 1.807) is 36.4 Å². The van der Waals surface area contributed by atoms with E-state index in [2.05, 4.69) is 25.8 Å². The van der Waals surface area contributed by atoms with E-state index in [9.17, 15) is 27.9 Å². The summed E-state index contributed by atoms with van der Waals surface area (Å²) in [5.74, 6) is 1.49. The fourth-order valence-electron chi connectivity index (χ4n) is 5.00. The standard InChI is InChI=1S/C26H34N6O6S/c1-17(32-39(37,38)21-9-4-7-18-6-2-3-8-20(18)21)22(33)26(24(35)36,31-19-10-11-19)23(34)29-15-25(16-30-27)12-5-13-28-14-25/h2-4,6-9,16-17,19,28,31-32H,5,10-15,27H2,1H3,(H,29,34)(H,35,36)/b30-16-/t17?,25?,26-/m0/s1. The molecule has 2 aliphatic rings. The molecule has 1 saturated heterocycles. The smallest absolute Gasteiger partial charge is 0.341 e. The van der Waals surface area contributed by atoms with Gasteiger partial charge in [0.05, 0.1) is 10.9 Å². The molecule has 3 atom stereocenters. The van der Waals surface area contributed by atoms with Crippen LogP contribution in [0.25, 0.3) is 10.8 Å². The number of aliphatic carboxylic acids is 1. The number of piperidine rings is 1. The zero-order valence-corrected chi connectivity index (χ0v) is 22.5. The van der Waals surface area contributed by atoms with Gasteiger partial charge in [0.25, 0.3) is 11.4 Å². The topological polar surface area (TPSA) is 192 Å². The quantitative estimate of drug-likeness (QED) is 0.0906. The number of hydrazone groups is 1. The number of Topliss-reactive ketones (excluding diaryl/α,β-unsaturated/α-hetero) is 1. The van der Waals surface area contributed by atoms with Gasteiger partial charge in [-0.05, 0) is 50.6 Å². The highest BCUT2D eigenvalue weighted by Crippen LogP contribution is 2.27. The van der Waals surface area contributed by atoms with Gasteiger partial charge in [0, 0.05) is 36.1 Å². The van der Waals surface area contributed by atoms with E-state index in [-0.39, 0.29) is 17.5 Å². The van der Waals surface area contributed by atoms with Gasteiger partial charge in [-0.1, -0.05) is 36.4 Å². The molecule has 1 aliphatic heterocycles. The number of fused-ring (bicyclic) bond motifs is 1. The largest absolute Gasteiger partial charge is 0.479 e. The van der Waals surface area contributed by atoms with Crippen molar-refractivity contribution in [3.63, 3.8) is 0 Å². The minimum atomic E-state index is -4.27. The fraction of sp³-hybridized carbons (Fsp3) is 0.462. The Bertz CT molecular complexity index is 1380. The third-order valence-corrected chi connectivity index (χ3v) is 8.85. The molecule has 2 aromatic carbocycles. The number of nitrogens with zero attached hydrogens (tertiary/aromatic N) is 1. The maximum Gasteiger partial charge on any atom is 0.341 e. The molecule has 0 bridgehead atoms. The van der Waals surface area contributed by atoms with Gasteiger partial charge >= 0.3 is 5.97 Å². The number of benzene rings is 2. The van der Waals surface area contributed by atoms with Gasteiger partial charge in [-0.2, -0.15) is 5.10 Å². The Hall–Kier alpha value is -3.39. The van der Waals surface area contributed by atoms with Gasteiger partial charge in [-0.3, -0.25) is 14.9 Å². The summed E-state index contributed by atoms with van der Waals surface area (Å²) in [5, 5.41) is 23.6. The van der Waals surface area contributed by atoms with Crippen molar-refractivity contribution in [1.29, 1.82) is 0 Å². The molecular weight excluding hydrogens is 524 g/mol. The molecule has 2 unspecified atom stereocenters. The number of nitrogens with one attached hydrogen (secondary N) is 4. The number of rotatable bonds is 12. The van der Waals surface area contributed by atoms with Crippen LogP contribution in [0.4, 0.5) is 0 Å². The van der Waals surface area contributed by atoms with Crippen LogP contribution in [-0.4, -0.2) is 74.7 Å². The van der Waals surface area contributed by atoms with Gasteiger partial charge < -0.3 is 21.6 Å². The summed E-state index contributed by atoms with van der Waals surface area (Å²) in [5.41, 5.74) is -3.36. The van der Waals surface area contributed by atoms with E-state index in [0.717, 1.165) is 13.0 Å². The predicted molar refractivity (Wildman–Crippen MR) is 145 cm³/mol. The first kappa shape index (κ1) is 28.6. The summed E-state index contributed by atoms with van der Waals surface area (Å²) in [6.07, 6.45) is 4.11. The minimum absolute atomic E-state index is 0.00962. The normalized spacial score (nSPS) is 22.3. The SMILES string of the molecule is CC(NS(=O)(=O)c1cccc2ccccc12)C(=O)[C@@](NC1CC1)(C(=O)O)C(=O)NCC1(/C=N\N)CCCNC1. The molecule has 0 spiro atoms. The molecule has 1 aliphatic carbocycles. The zero-order valence-electron chi connectivity index (χ0n) is 21.6. The Morgan fingerprint density at radius 2 is 1.95 bits per heavy atom. The summed E-state index contributed by atoms with van der Waals surface area (Å²) in [7, 11) is -4.27. The average molecular weight is 559 g/mol. The first-order chi connectivity index (χ1) is 18.5. The maximum absolute atomic E-state index is 13.8. The molecule has 12 nitrogen and oxygen atoms in total. The number of carbonyl (C=O) groups excluding carboxylic acids is 2. The molecule has 0 radical (unpaired) electrons. The third-order valence-electron chi connectivity index (χ3n) is 7.25. The maximum atomic E-state index is 13.8. The van der Waals surface area contributed by atoms with Crippen molar-refractivity contribution < 1.29 is 27.9 Å². The molecule has 2 aromatic rings. The van der Waals surface area contributed by atoms with E-state index in [0.29, 0.717) is 36.6 Å². The lowest BCUT2D eigenvalue weighted by atomic mass is 9.81. The lowest BCUT2D eigenvalue weighted by molar-refractivity contribution is -0.156. The van der Waals surface area contributed by atoms with Crippen LogP contribution in [0.15, 0.2) is 52.5 Å². The van der Waals surface area contributed by atoms with Crippen molar-refractivity contribution in [2.75, 3.05) is 19.6 Å². The second kappa shape index (κ2) is 11.4. The second-order valence-electron chi connectivity index (χ2n) is 10.3. The Morgan fingerprint density at radius 1 is 1.23 bits per heavy atom. The Kier molecular flexibility index (Phi) is 8.35. The number of carbonyl (C=O) groups is 3. The van der Waals surface area contributed by atoms with Gasteiger partial charge in [0.15, 0.2) is 5.78 Å². The van der Waals surface area contributed by atoms with E-state index in [4.69, 9.17) is 5.84 Å².